The molecule has 0 radical (unpaired) electrons. The van der Waals surface area contributed by atoms with Crippen molar-refractivity contribution in [3.63, 3.8) is 0 Å². The number of rotatable bonds is 2. The topological polar surface area (TPSA) is 187 Å². The molecule has 1 saturated heterocycles. The lowest BCUT2D eigenvalue weighted by atomic mass is 10.1. The number of aromatic carboxylic acids is 1. The second-order valence-electron chi connectivity index (χ2n) is 8.20. The average molecular weight is 480 g/mol. The summed E-state index contributed by atoms with van der Waals surface area (Å²) in [6, 6.07) is 0.220. The van der Waals surface area contributed by atoms with Crippen LogP contribution in [0.15, 0.2) is 17.1 Å². The molecule has 1 aliphatic heterocycles. The van der Waals surface area contributed by atoms with Crippen LogP contribution in [0, 0.1) is 5.82 Å². The van der Waals surface area contributed by atoms with Crippen molar-refractivity contribution < 1.29 is 37.1 Å². The lowest BCUT2D eigenvalue weighted by Crippen LogP contribution is -2.31. The highest BCUT2D eigenvalue weighted by atomic mass is 32.2. The van der Waals surface area contributed by atoms with Gasteiger partial charge in [-0.25, -0.2) is 18.6 Å². The third kappa shape index (κ3) is 6.18. The van der Waals surface area contributed by atoms with Gasteiger partial charge in [0.2, 0.25) is 5.43 Å². The third-order valence-electron chi connectivity index (χ3n) is 4.46. The molecule has 1 aliphatic rings. The molecule has 0 unspecified atom stereocenters. The second kappa shape index (κ2) is 9.44. The van der Waals surface area contributed by atoms with E-state index in [9.17, 15) is 31.9 Å². The molecule has 14 heteroatoms. The number of carboxylic acid groups (broad SMARTS) is 1. The summed E-state index contributed by atoms with van der Waals surface area (Å²) in [5, 5.41) is 9.14. The van der Waals surface area contributed by atoms with Crippen LogP contribution in [0.5, 0.6) is 0 Å². The maximum atomic E-state index is 14.6. The summed E-state index contributed by atoms with van der Waals surface area (Å²) in [5.41, 5.74) is 3.90. The van der Waals surface area contributed by atoms with Crippen molar-refractivity contribution in [1.82, 2.24) is 9.55 Å². The number of aromatic nitrogens is 2. The number of alkyl halides is 1. The maximum absolute atomic E-state index is 14.6. The molecule has 3 heterocycles. The number of fused-ring (bicyclic) bond motifs is 1. The van der Waals surface area contributed by atoms with E-state index in [0.29, 0.717) is 6.26 Å². The second-order valence-corrected chi connectivity index (χ2v) is 9.67. The quantitative estimate of drug-likeness (QED) is 0.503. The number of halogens is 2. The third-order valence-corrected chi connectivity index (χ3v) is 4.46. The number of pyridine rings is 2. The van der Waals surface area contributed by atoms with Crippen LogP contribution < -0.4 is 16.1 Å². The molecule has 0 spiro atoms. The Morgan fingerprint density at radius 2 is 1.84 bits per heavy atom. The molecule has 0 aromatic carbocycles. The van der Waals surface area contributed by atoms with E-state index in [4.69, 9.17) is 10.3 Å². The van der Waals surface area contributed by atoms with Crippen LogP contribution in [0.1, 0.15) is 31.1 Å². The van der Waals surface area contributed by atoms with Gasteiger partial charge < -0.3 is 25.8 Å². The van der Waals surface area contributed by atoms with Gasteiger partial charge in [0.1, 0.15) is 17.4 Å². The fraction of sp³-hybridized carbons (Fsp3) is 0.500. The van der Waals surface area contributed by atoms with E-state index < -0.39 is 50.6 Å². The number of nitrogens with two attached hydrogens (primary N) is 1. The predicted octanol–water partition coefficient (Wildman–Crippen LogP) is 0.154. The first-order valence-electron chi connectivity index (χ1n) is 9.07. The van der Waals surface area contributed by atoms with Crippen LogP contribution in [0.2, 0.25) is 0 Å². The lowest BCUT2D eigenvalue weighted by molar-refractivity contribution is 0.0694. The largest absolute Gasteiger partial charge is 0.477 e. The zero-order valence-corrected chi connectivity index (χ0v) is 18.7. The molecule has 0 bridgehead atoms. The van der Waals surface area contributed by atoms with Crippen molar-refractivity contribution >= 4 is 32.9 Å². The van der Waals surface area contributed by atoms with Gasteiger partial charge in [-0.1, -0.05) is 0 Å². The number of hydrogen-bond donors (Lipinski definition) is 3. The summed E-state index contributed by atoms with van der Waals surface area (Å²) in [6.45, 7) is 5.41. The summed E-state index contributed by atoms with van der Waals surface area (Å²) < 4.78 is 55.7. The Balaban J connectivity index is 0.000000770. The molecule has 2 atom stereocenters. The first kappa shape index (κ1) is 27.4. The molecule has 180 valence electrons. The highest BCUT2D eigenvalue weighted by molar-refractivity contribution is 7.85. The van der Waals surface area contributed by atoms with Crippen molar-refractivity contribution in [2.75, 3.05) is 24.2 Å². The first-order valence-corrected chi connectivity index (χ1v) is 10.9. The average Bonchev–Trinajstić information content (AvgIpc) is 2.91. The molecule has 6 N–H and O–H groups in total. The van der Waals surface area contributed by atoms with Crippen molar-refractivity contribution in [3.05, 3.63) is 33.9 Å². The van der Waals surface area contributed by atoms with E-state index in [1.807, 2.05) is 0 Å². The van der Waals surface area contributed by atoms with Gasteiger partial charge in [0, 0.05) is 18.3 Å². The number of hydrogen-bond acceptors (Lipinski definition) is 7. The van der Waals surface area contributed by atoms with Gasteiger partial charge in [0.15, 0.2) is 11.6 Å². The standard InChI is InChI=1S/C17H20F2N4O3.CH4O3S.H2O/c1-17(2,3)23-5-9(16(25)26)13(24)8-4-10(18)15(21-14(8)23)22-6-11(19)12(20)7-22;1-5(2,3)4;/h4-5,11-12H,6-7,20H2,1-3H3,(H,25,26);1H3,(H,2,3,4);1H2/t11-,12-;;/m1../s1. The van der Waals surface area contributed by atoms with Crippen LogP contribution >= 0.6 is 0 Å². The van der Waals surface area contributed by atoms with E-state index in [2.05, 4.69) is 4.98 Å². The Hall–Kier alpha value is -2.68. The Morgan fingerprint density at radius 1 is 1.31 bits per heavy atom. The van der Waals surface area contributed by atoms with Gasteiger partial charge in [-0.3, -0.25) is 9.35 Å². The Labute approximate surface area is 182 Å². The van der Waals surface area contributed by atoms with Crippen molar-refractivity contribution in [3.8, 4) is 0 Å². The molecule has 0 amide bonds. The molecule has 0 saturated carbocycles. The van der Waals surface area contributed by atoms with E-state index in [-0.39, 0.29) is 35.4 Å². The minimum absolute atomic E-state index is 0. The first-order chi connectivity index (χ1) is 14.0. The van der Waals surface area contributed by atoms with Crippen molar-refractivity contribution in [1.29, 1.82) is 0 Å². The van der Waals surface area contributed by atoms with Crippen molar-refractivity contribution in [2.45, 2.75) is 38.5 Å². The fourth-order valence-corrected chi connectivity index (χ4v) is 3.06. The monoisotopic (exact) mass is 480 g/mol. The Kier molecular flexibility index (Phi) is 8.07. The van der Waals surface area contributed by atoms with E-state index in [0.717, 1.165) is 6.07 Å². The zero-order chi connectivity index (χ0) is 23.9. The summed E-state index contributed by atoms with van der Waals surface area (Å²) >= 11 is 0. The van der Waals surface area contributed by atoms with Gasteiger partial charge in [0.25, 0.3) is 10.1 Å². The van der Waals surface area contributed by atoms with Gasteiger partial charge in [0.05, 0.1) is 24.2 Å². The fourth-order valence-electron chi connectivity index (χ4n) is 3.06. The highest BCUT2D eigenvalue weighted by Gasteiger charge is 2.33. The van der Waals surface area contributed by atoms with Crippen LogP contribution in [0.3, 0.4) is 0 Å². The summed E-state index contributed by atoms with van der Waals surface area (Å²) in [7, 11) is -3.67. The molecule has 0 aliphatic carbocycles. The van der Waals surface area contributed by atoms with Crippen LogP contribution in [-0.2, 0) is 15.7 Å². The molecular formula is C18H26F2N4O7S. The molecule has 11 nitrogen and oxygen atoms in total. The molecule has 2 aromatic heterocycles. The minimum Gasteiger partial charge on any atom is -0.477 e. The minimum atomic E-state index is -3.67. The number of carboxylic acids is 1. The van der Waals surface area contributed by atoms with E-state index in [1.54, 1.807) is 20.8 Å². The van der Waals surface area contributed by atoms with E-state index in [1.165, 1.54) is 15.7 Å². The number of nitrogens with zero attached hydrogens (tertiary/aromatic N) is 3. The zero-order valence-electron chi connectivity index (χ0n) is 17.8. The van der Waals surface area contributed by atoms with Crippen LogP contribution in [0.25, 0.3) is 11.0 Å². The highest BCUT2D eigenvalue weighted by Crippen LogP contribution is 2.27. The SMILES string of the molecule is CC(C)(C)n1cc(C(=O)O)c(=O)c2cc(F)c(N3C[C@@H](N)[C@H](F)C3)nc21.CS(=O)(=O)O.O. The summed E-state index contributed by atoms with van der Waals surface area (Å²) in [6.07, 6.45) is 0.619. The Bertz CT molecular complexity index is 1160. The smallest absolute Gasteiger partial charge is 0.341 e. The van der Waals surface area contributed by atoms with Gasteiger partial charge in [-0.2, -0.15) is 8.42 Å². The van der Waals surface area contributed by atoms with Crippen LogP contribution in [0.4, 0.5) is 14.6 Å². The molecular weight excluding hydrogens is 454 g/mol. The number of carbonyl (C=O) groups is 1. The normalized spacial score (nSPS) is 18.7. The summed E-state index contributed by atoms with van der Waals surface area (Å²) in [5.74, 6) is -2.32. The lowest BCUT2D eigenvalue weighted by Gasteiger charge is -2.26. The summed E-state index contributed by atoms with van der Waals surface area (Å²) in [4.78, 5) is 29.5. The van der Waals surface area contributed by atoms with Gasteiger partial charge in [-0.15, -0.1) is 0 Å². The van der Waals surface area contributed by atoms with Gasteiger partial charge >= 0.3 is 5.97 Å². The molecule has 32 heavy (non-hydrogen) atoms. The van der Waals surface area contributed by atoms with E-state index >= 15 is 0 Å². The van der Waals surface area contributed by atoms with Gasteiger partial charge in [-0.05, 0) is 26.8 Å². The van der Waals surface area contributed by atoms with Crippen molar-refractivity contribution in [2.24, 2.45) is 5.73 Å². The predicted molar refractivity (Wildman–Crippen MR) is 114 cm³/mol. The Morgan fingerprint density at radius 3 is 2.25 bits per heavy atom. The molecule has 1 fully saturated rings. The van der Waals surface area contributed by atoms with Crippen LogP contribution in [-0.4, -0.2) is 70.6 Å². The maximum Gasteiger partial charge on any atom is 0.341 e. The molecule has 2 aromatic rings. The number of anilines is 1. The molecule has 3 rings (SSSR count).